The maximum Gasteiger partial charge on any atom is 0.416 e. The van der Waals surface area contributed by atoms with E-state index in [1.54, 1.807) is 31.5 Å². The van der Waals surface area contributed by atoms with Gasteiger partial charge < -0.3 is 10.6 Å². The maximum atomic E-state index is 13.1. The number of pyridine rings is 1. The zero-order valence-corrected chi connectivity index (χ0v) is 19.1. The zero-order chi connectivity index (χ0) is 26.1. The van der Waals surface area contributed by atoms with E-state index in [9.17, 15) is 31.1 Å². The van der Waals surface area contributed by atoms with Crippen LogP contribution in [-0.4, -0.2) is 15.9 Å². The molecule has 4 rings (SSSR count). The van der Waals surface area contributed by atoms with Gasteiger partial charge in [-0.1, -0.05) is 6.07 Å². The lowest BCUT2D eigenvalue weighted by molar-refractivity contribution is -0.143. The Balaban J connectivity index is 1.57. The molecule has 1 amide bonds. The van der Waals surface area contributed by atoms with Crippen LogP contribution < -0.4 is 10.6 Å². The minimum Gasteiger partial charge on any atom is -0.331 e. The van der Waals surface area contributed by atoms with E-state index < -0.39 is 35.1 Å². The highest BCUT2D eigenvalue weighted by atomic mass is 32.1. The molecule has 5 nitrogen and oxygen atoms in total. The number of benzene rings is 2. The number of nitrogens with one attached hydrogen (secondary N) is 2. The minimum absolute atomic E-state index is 0.00263. The maximum absolute atomic E-state index is 13.1. The van der Waals surface area contributed by atoms with Crippen molar-refractivity contribution in [3.8, 4) is 11.3 Å². The number of aryl methyl sites for hydroxylation is 1. The van der Waals surface area contributed by atoms with Crippen molar-refractivity contribution in [3.05, 3.63) is 88.6 Å². The summed E-state index contributed by atoms with van der Waals surface area (Å²) < 4.78 is 78.7. The van der Waals surface area contributed by atoms with Gasteiger partial charge in [0, 0.05) is 40.3 Å². The monoisotopic (exact) mass is 522 g/mol. The topological polar surface area (TPSA) is 66.9 Å². The van der Waals surface area contributed by atoms with Crippen LogP contribution in [0.2, 0.25) is 0 Å². The third-order valence-corrected chi connectivity index (χ3v) is 5.81. The number of alkyl halides is 6. The van der Waals surface area contributed by atoms with Gasteiger partial charge in [-0.05, 0) is 55.0 Å². The smallest absolute Gasteiger partial charge is 0.331 e. The molecular formula is C24H16F6N4OS. The van der Waals surface area contributed by atoms with E-state index in [0.717, 1.165) is 11.1 Å². The number of anilines is 3. The van der Waals surface area contributed by atoms with E-state index in [1.165, 1.54) is 23.5 Å². The van der Waals surface area contributed by atoms with Gasteiger partial charge >= 0.3 is 12.4 Å². The van der Waals surface area contributed by atoms with Crippen molar-refractivity contribution < 1.29 is 31.1 Å². The molecule has 2 aromatic heterocycles. The number of carbonyl (C=O) groups is 1. The number of carbonyl (C=O) groups excluding carboxylic acids is 1. The predicted molar refractivity (Wildman–Crippen MR) is 124 cm³/mol. The molecule has 0 saturated carbocycles. The van der Waals surface area contributed by atoms with Crippen LogP contribution in [0.1, 0.15) is 27.0 Å². The van der Waals surface area contributed by atoms with Gasteiger partial charge in [0.15, 0.2) is 5.13 Å². The van der Waals surface area contributed by atoms with E-state index in [1.807, 2.05) is 11.4 Å². The Morgan fingerprint density at radius 2 is 1.64 bits per heavy atom. The molecule has 0 unspecified atom stereocenters. The van der Waals surface area contributed by atoms with Gasteiger partial charge in [-0.3, -0.25) is 9.78 Å². The highest BCUT2D eigenvalue weighted by Crippen LogP contribution is 2.37. The Labute approximate surface area is 204 Å². The van der Waals surface area contributed by atoms with Crippen LogP contribution in [0.25, 0.3) is 11.3 Å². The number of hydrogen-bond donors (Lipinski definition) is 2. The van der Waals surface area contributed by atoms with Crippen molar-refractivity contribution in [2.24, 2.45) is 0 Å². The first-order valence-electron chi connectivity index (χ1n) is 10.2. The van der Waals surface area contributed by atoms with Gasteiger partial charge in [0.2, 0.25) is 0 Å². The van der Waals surface area contributed by atoms with Crippen LogP contribution in [0.5, 0.6) is 0 Å². The largest absolute Gasteiger partial charge is 0.416 e. The Kier molecular flexibility index (Phi) is 6.72. The van der Waals surface area contributed by atoms with E-state index in [0.29, 0.717) is 28.6 Å². The minimum atomic E-state index is -5.02. The number of aromatic nitrogens is 2. The summed E-state index contributed by atoms with van der Waals surface area (Å²) >= 11 is 1.31. The molecule has 0 radical (unpaired) electrons. The number of thiazole rings is 1. The predicted octanol–water partition coefficient (Wildman–Crippen LogP) is 7.55. The Morgan fingerprint density at radius 1 is 0.944 bits per heavy atom. The summed E-state index contributed by atoms with van der Waals surface area (Å²) in [6, 6.07) is 8.98. The number of halogens is 6. The molecule has 0 bridgehead atoms. The van der Waals surface area contributed by atoms with Crippen molar-refractivity contribution in [1.29, 1.82) is 0 Å². The lowest BCUT2D eigenvalue weighted by Gasteiger charge is -2.15. The summed E-state index contributed by atoms with van der Waals surface area (Å²) in [4.78, 5) is 21.2. The van der Waals surface area contributed by atoms with Crippen molar-refractivity contribution >= 4 is 33.8 Å². The molecule has 36 heavy (non-hydrogen) atoms. The molecule has 0 atom stereocenters. The first kappa shape index (κ1) is 25.2. The van der Waals surface area contributed by atoms with Gasteiger partial charge in [-0.15, -0.1) is 11.3 Å². The van der Waals surface area contributed by atoms with Gasteiger partial charge in [-0.2, -0.15) is 26.3 Å². The fourth-order valence-electron chi connectivity index (χ4n) is 3.22. The molecule has 4 aromatic rings. The molecule has 2 aromatic carbocycles. The molecular weight excluding hydrogens is 506 g/mol. The SMILES string of the molecule is Cc1ccc(C(=O)Nc2cc(C(F)(F)F)cc(C(F)(F)F)c2)cc1Nc1nc(-c2cccnc2)cs1. The summed E-state index contributed by atoms with van der Waals surface area (Å²) in [6.07, 6.45) is -6.75. The molecule has 186 valence electrons. The van der Waals surface area contributed by atoms with E-state index in [2.05, 4.69) is 20.6 Å². The highest BCUT2D eigenvalue weighted by molar-refractivity contribution is 7.14. The van der Waals surface area contributed by atoms with Crippen LogP contribution in [0.15, 0.2) is 66.3 Å². The van der Waals surface area contributed by atoms with Gasteiger partial charge in [0.25, 0.3) is 5.91 Å². The van der Waals surface area contributed by atoms with Gasteiger partial charge in [-0.25, -0.2) is 4.98 Å². The highest BCUT2D eigenvalue weighted by Gasteiger charge is 2.37. The number of nitrogens with zero attached hydrogens (tertiary/aromatic N) is 2. The molecule has 2 heterocycles. The van der Waals surface area contributed by atoms with Gasteiger partial charge in [0.05, 0.1) is 16.8 Å². The molecule has 0 aliphatic heterocycles. The first-order valence-corrected chi connectivity index (χ1v) is 11.1. The van der Waals surface area contributed by atoms with Crippen molar-refractivity contribution in [1.82, 2.24) is 9.97 Å². The normalized spacial score (nSPS) is 11.9. The molecule has 2 N–H and O–H groups in total. The van der Waals surface area contributed by atoms with E-state index >= 15 is 0 Å². The fourth-order valence-corrected chi connectivity index (χ4v) is 3.95. The van der Waals surface area contributed by atoms with Crippen molar-refractivity contribution in [2.75, 3.05) is 10.6 Å². The quantitative estimate of drug-likeness (QED) is 0.266. The third kappa shape index (κ3) is 5.82. The number of rotatable bonds is 5. The van der Waals surface area contributed by atoms with E-state index in [-0.39, 0.29) is 11.6 Å². The molecule has 0 fully saturated rings. The molecule has 12 heteroatoms. The van der Waals surface area contributed by atoms with Crippen LogP contribution in [-0.2, 0) is 12.4 Å². The molecule has 0 aliphatic carbocycles. The second-order valence-electron chi connectivity index (χ2n) is 7.68. The zero-order valence-electron chi connectivity index (χ0n) is 18.3. The van der Waals surface area contributed by atoms with E-state index in [4.69, 9.17) is 0 Å². The Hall–Kier alpha value is -3.93. The van der Waals surface area contributed by atoms with Gasteiger partial charge in [0.1, 0.15) is 0 Å². The van der Waals surface area contributed by atoms with Crippen LogP contribution in [0, 0.1) is 6.92 Å². The van der Waals surface area contributed by atoms with Crippen LogP contribution in [0.4, 0.5) is 42.8 Å². The Morgan fingerprint density at radius 3 is 2.25 bits per heavy atom. The summed E-state index contributed by atoms with van der Waals surface area (Å²) in [5.41, 5.74) is -0.911. The second kappa shape index (κ2) is 9.61. The van der Waals surface area contributed by atoms with Crippen molar-refractivity contribution in [3.63, 3.8) is 0 Å². The summed E-state index contributed by atoms with van der Waals surface area (Å²) in [5, 5.41) is 7.55. The first-order chi connectivity index (χ1) is 16.9. The standard InChI is InChI=1S/C24H16F6N4OS/c1-13-4-5-14(7-19(13)33-22-34-20(12-36-22)15-3-2-6-31-11-15)21(35)32-18-9-16(23(25,26)27)8-17(10-18)24(28,29)30/h2-12H,1H3,(H,32,35)(H,33,34). The second-order valence-corrected chi connectivity index (χ2v) is 8.54. The van der Waals surface area contributed by atoms with Crippen LogP contribution in [0.3, 0.4) is 0 Å². The lowest BCUT2D eigenvalue weighted by atomic mass is 10.1. The lowest BCUT2D eigenvalue weighted by Crippen LogP contribution is -2.16. The average Bonchev–Trinajstić information content (AvgIpc) is 3.28. The molecule has 0 saturated heterocycles. The number of amides is 1. The van der Waals surface area contributed by atoms with Crippen LogP contribution >= 0.6 is 11.3 Å². The van der Waals surface area contributed by atoms with Crippen molar-refractivity contribution in [2.45, 2.75) is 19.3 Å². The summed E-state index contributed by atoms with van der Waals surface area (Å²) in [5.74, 6) is -0.874. The Bertz CT molecular complexity index is 1370. The molecule has 0 aliphatic rings. The summed E-state index contributed by atoms with van der Waals surface area (Å²) in [7, 11) is 0. The molecule has 0 spiro atoms. The third-order valence-electron chi connectivity index (χ3n) is 5.05. The average molecular weight is 522 g/mol. The number of hydrogen-bond acceptors (Lipinski definition) is 5. The summed E-state index contributed by atoms with van der Waals surface area (Å²) in [6.45, 7) is 1.77. The fraction of sp³-hybridized carbons (Fsp3) is 0.125.